The zero-order valence-corrected chi connectivity index (χ0v) is 6.99. The highest BCUT2D eigenvalue weighted by molar-refractivity contribution is 5.31. The average Bonchev–Trinajstić information content (AvgIpc) is 2.05. The van der Waals surface area contributed by atoms with Crippen LogP contribution in [0.3, 0.4) is 0 Å². The fourth-order valence-corrected chi connectivity index (χ4v) is 0.917. The molecule has 0 bridgehead atoms. The van der Waals surface area contributed by atoms with Gasteiger partial charge in [-0.25, -0.2) is 0 Å². The predicted molar refractivity (Wildman–Crippen MR) is 47.9 cm³/mol. The molecule has 0 aliphatic heterocycles. The molecule has 0 heterocycles. The molecule has 0 aromatic heterocycles. The number of aliphatic hydroxyl groups is 1. The molecule has 0 saturated carbocycles. The van der Waals surface area contributed by atoms with Gasteiger partial charge in [0.2, 0.25) is 0 Å². The Bertz CT molecular complexity index is 272. The van der Waals surface area contributed by atoms with Gasteiger partial charge in [-0.2, -0.15) is 0 Å². The van der Waals surface area contributed by atoms with E-state index in [0.717, 1.165) is 5.56 Å². The van der Waals surface area contributed by atoms with Crippen LogP contribution in [0.1, 0.15) is 12.5 Å². The van der Waals surface area contributed by atoms with E-state index in [9.17, 15) is 5.11 Å². The quantitative estimate of drug-likeness (QED) is 0.654. The minimum absolute atomic E-state index is 0.193. The van der Waals surface area contributed by atoms with Crippen LogP contribution in [-0.4, -0.2) is 10.2 Å². The summed E-state index contributed by atoms with van der Waals surface area (Å²) in [7, 11) is 0. The van der Waals surface area contributed by atoms with E-state index in [1.54, 1.807) is 19.1 Å². The predicted octanol–water partition coefficient (Wildman–Crippen LogP) is 1.79. The summed E-state index contributed by atoms with van der Waals surface area (Å²) >= 11 is 0. The Morgan fingerprint density at radius 1 is 1.33 bits per heavy atom. The number of phenols is 1. The Morgan fingerprint density at radius 2 is 1.83 bits per heavy atom. The average molecular weight is 164 g/mol. The van der Waals surface area contributed by atoms with Gasteiger partial charge in [0.1, 0.15) is 11.4 Å². The van der Waals surface area contributed by atoms with Crippen molar-refractivity contribution in [3.8, 4) is 5.75 Å². The molecule has 2 N–H and O–H groups in total. The van der Waals surface area contributed by atoms with Crippen molar-refractivity contribution in [2.24, 2.45) is 0 Å². The highest BCUT2D eigenvalue weighted by Crippen LogP contribution is 2.22. The lowest BCUT2D eigenvalue weighted by molar-refractivity contribution is 0.111. The van der Waals surface area contributed by atoms with Gasteiger partial charge in [0.25, 0.3) is 0 Å². The van der Waals surface area contributed by atoms with E-state index in [1.165, 1.54) is 18.2 Å². The lowest BCUT2D eigenvalue weighted by Gasteiger charge is -2.18. The standard InChI is InChI=1S/C10H12O2/c1-3-10(2,12)8-4-6-9(11)7-5-8/h3-7,11-12H,1H2,2H3. The molecule has 2 nitrogen and oxygen atoms in total. The molecule has 2 heteroatoms. The molecule has 0 fully saturated rings. The molecule has 0 saturated heterocycles. The van der Waals surface area contributed by atoms with Crippen LogP contribution < -0.4 is 0 Å². The minimum atomic E-state index is -1.02. The monoisotopic (exact) mass is 164 g/mol. The third kappa shape index (κ3) is 1.66. The molecule has 64 valence electrons. The van der Waals surface area contributed by atoms with Crippen molar-refractivity contribution >= 4 is 0 Å². The Labute approximate surface area is 71.8 Å². The molecule has 0 aliphatic carbocycles. The maximum Gasteiger partial charge on any atom is 0.115 e. The third-order valence-electron chi connectivity index (χ3n) is 1.85. The van der Waals surface area contributed by atoms with Crippen molar-refractivity contribution in [3.63, 3.8) is 0 Å². The number of rotatable bonds is 2. The molecule has 1 rings (SSSR count). The summed E-state index contributed by atoms with van der Waals surface area (Å²) in [6, 6.07) is 6.40. The van der Waals surface area contributed by atoms with Crippen molar-refractivity contribution in [2.45, 2.75) is 12.5 Å². The van der Waals surface area contributed by atoms with Gasteiger partial charge in [0.05, 0.1) is 0 Å². The smallest absolute Gasteiger partial charge is 0.115 e. The number of aromatic hydroxyl groups is 1. The van der Waals surface area contributed by atoms with Gasteiger partial charge in [-0.15, -0.1) is 0 Å². The molecule has 12 heavy (non-hydrogen) atoms. The van der Waals surface area contributed by atoms with Crippen molar-refractivity contribution in [1.29, 1.82) is 0 Å². The highest BCUT2D eigenvalue weighted by Gasteiger charge is 2.17. The van der Waals surface area contributed by atoms with Crippen LogP contribution in [-0.2, 0) is 5.60 Å². The first-order valence-corrected chi connectivity index (χ1v) is 3.72. The molecule has 1 unspecified atom stereocenters. The first-order valence-electron chi connectivity index (χ1n) is 3.72. The highest BCUT2D eigenvalue weighted by atomic mass is 16.3. The summed E-state index contributed by atoms with van der Waals surface area (Å²) in [6.07, 6.45) is 1.46. The SMILES string of the molecule is C=CC(C)(O)c1ccc(O)cc1. The van der Waals surface area contributed by atoms with E-state index in [0.29, 0.717) is 0 Å². The molecule has 1 aromatic rings. The first-order chi connectivity index (χ1) is 5.56. The van der Waals surface area contributed by atoms with E-state index in [-0.39, 0.29) is 5.75 Å². The normalized spacial score (nSPS) is 15.2. The lowest BCUT2D eigenvalue weighted by Crippen LogP contribution is -2.16. The summed E-state index contributed by atoms with van der Waals surface area (Å²) in [6.45, 7) is 5.16. The van der Waals surface area contributed by atoms with Gasteiger partial charge in [-0.05, 0) is 24.6 Å². The Morgan fingerprint density at radius 3 is 2.25 bits per heavy atom. The maximum absolute atomic E-state index is 9.69. The van der Waals surface area contributed by atoms with E-state index in [4.69, 9.17) is 5.11 Å². The van der Waals surface area contributed by atoms with E-state index in [2.05, 4.69) is 6.58 Å². The first kappa shape index (κ1) is 8.81. The summed E-state index contributed by atoms with van der Waals surface area (Å²) in [4.78, 5) is 0. The van der Waals surface area contributed by atoms with Crippen LogP contribution >= 0.6 is 0 Å². The van der Waals surface area contributed by atoms with Gasteiger partial charge in [-0.3, -0.25) is 0 Å². The van der Waals surface area contributed by atoms with Gasteiger partial charge < -0.3 is 10.2 Å². The molecule has 0 amide bonds. The Kier molecular flexibility index (Phi) is 2.20. The van der Waals surface area contributed by atoms with Crippen LogP contribution in [0.4, 0.5) is 0 Å². The van der Waals surface area contributed by atoms with Gasteiger partial charge in [0.15, 0.2) is 0 Å². The van der Waals surface area contributed by atoms with Crippen molar-refractivity contribution in [3.05, 3.63) is 42.5 Å². The maximum atomic E-state index is 9.69. The van der Waals surface area contributed by atoms with Crippen LogP contribution in [0, 0.1) is 0 Å². The molecular formula is C10H12O2. The fourth-order valence-electron chi connectivity index (χ4n) is 0.917. The summed E-state index contributed by atoms with van der Waals surface area (Å²) in [5.74, 6) is 0.193. The topological polar surface area (TPSA) is 40.5 Å². The number of hydrogen-bond acceptors (Lipinski definition) is 2. The van der Waals surface area contributed by atoms with E-state index >= 15 is 0 Å². The van der Waals surface area contributed by atoms with Crippen LogP contribution in [0.25, 0.3) is 0 Å². The zero-order valence-electron chi connectivity index (χ0n) is 6.99. The summed E-state index contributed by atoms with van der Waals surface area (Å²) in [5.41, 5.74) is -0.302. The van der Waals surface area contributed by atoms with Gasteiger partial charge in [0, 0.05) is 0 Å². The van der Waals surface area contributed by atoms with Crippen molar-refractivity contribution in [2.75, 3.05) is 0 Å². The van der Waals surface area contributed by atoms with Gasteiger partial charge in [-0.1, -0.05) is 24.8 Å². The number of hydrogen-bond donors (Lipinski definition) is 2. The van der Waals surface area contributed by atoms with E-state index < -0.39 is 5.60 Å². The molecule has 0 aliphatic rings. The molecule has 1 aromatic carbocycles. The molecule has 1 atom stereocenters. The van der Waals surface area contributed by atoms with Crippen LogP contribution in [0.15, 0.2) is 36.9 Å². The third-order valence-corrected chi connectivity index (χ3v) is 1.85. The molecule has 0 spiro atoms. The zero-order chi connectivity index (χ0) is 9.19. The van der Waals surface area contributed by atoms with Crippen molar-refractivity contribution in [1.82, 2.24) is 0 Å². The molecular weight excluding hydrogens is 152 g/mol. The molecule has 0 radical (unpaired) electrons. The van der Waals surface area contributed by atoms with Crippen LogP contribution in [0.5, 0.6) is 5.75 Å². The fraction of sp³-hybridized carbons (Fsp3) is 0.200. The Balaban J connectivity index is 3.04. The summed E-state index contributed by atoms with van der Waals surface area (Å²) < 4.78 is 0. The largest absolute Gasteiger partial charge is 0.508 e. The second-order valence-corrected chi connectivity index (χ2v) is 2.90. The Hall–Kier alpha value is -1.28. The second kappa shape index (κ2) is 2.99. The second-order valence-electron chi connectivity index (χ2n) is 2.90. The van der Waals surface area contributed by atoms with E-state index in [1.807, 2.05) is 0 Å². The number of benzene rings is 1. The van der Waals surface area contributed by atoms with Crippen molar-refractivity contribution < 1.29 is 10.2 Å². The summed E-state index contributed by atoms with van der Waals surface area (Å²) in [5, 5.41) is 18.7. The van der Waals surface area contributed by atoms with Crippen LogP contribution in [0.2, 0.25) is 0 Å². The lowest BCUT2D eigenvalue weighted by atomic mass is 9.96. The number of phenolic OH excluding ortho intramolecular Hbond substituents is 1. The van der Waals surface area contributed by atoms with Gasteiger partial charge >= 0.3 is 0 Å². The minimum Gasteiger partial charge on any atom is -0.508 e.